The highest BCUT2D eigenvalue weighted by molar-refractivity contribution is 5.82. The summed E-state index contributed by atoms with van der Waals surface area (Å²) in [6.45, 7) is 5.74. The number of methoxy groups -OCH3 is 1. The molecule has 4 rings (SSSR count). The highest BCUT2D eigenvalue weighted by Gasteiger charge is 2.37. The molecule has 2 aliphatic rings. The molecule has 2 saturated heterocycles. The van der Waals surface area contributed by atoms with E-state index in [9.17, 15) is 9.59 Å². The number of rotatable bonds is 4. The van der Waals surface area contributed by atoms with Gasteiger partial charge in [-0.05, 0) is 62.3 Å². The van der Waals surface area contributed by atoms with Crippen LogP contribution in [0.3, 0.4) is 0 Å². The van der Waals surface area contributed by atoms with Crippen molar-refractivity contribution in [1.29, 1.82) is 0 Å². The Morgan fingerprint density at radius 1 is 1.29 bits per heavy atom. The van der Waals surface area contributed by atoms with E-state index in [0.717, 1.165) is 50.0 Å². The van der Waals surface area contributed by atoms with Crippen LogP contribution < -0.4 is 15.7 Å². The smallest absolute Gasteiger partial charge is 0.339 e. The largest absolute Gasteiger partial charge is 0.497 e. The van der Waals surface area contributed by atoms with Crippen LogP contribution in [-0.2, 0) is 11.2 Å². The minimum atomic E-state index is -0.360. The van der Waals surface area contributed by atoms with Crippen LogP contribution >= 0.6 is 0 Å². The molecule has 1 aromatic heterocycles. The van der Waals surface area contributed by atoms with E-state index in [2.05, 4.69) is 5.32 Å². The lowest BCUT2D eigenvalue weighted by molar-refractivity contribution is -0.133. The quantitative estimate of drug-likeness (QED) is 0.821. The maximum atomic E-state index is 12.7. The maximum absolute atomic E-state index is 12.7. The summed E-state index contributed by atoms with van der Waals surface area (Å²) in [5.74, 6) is 0.785. The molecule has 0 unspecified atom stereocenters. The minimum absolute atomic E-state index is 0.134. The Kier molecular flexibility index (Phi) is 5.15. The fourth-order valence-corrected chi connectivity index (χ4v) is 4.63. The summed E-state index contributed by atoms with van der Waals surface area (Å²) < 4.78 is 10.7. The van der Waals surface area contributed by atoms with Gasteiger partial charge in [0.15, 0.2) is 0 Å². The molecular formula is C22H28N2O4. The maximum Gasteiger partial charge on any atom is 0.339 e. The van der Waals surface area contributed by atoms with Crippen LogP contribution in [0.4, 0.5) is 0 Å². The Morgan fingerprint density at radius 3 is 2.75 bits per heavy atom. The topological polar surface area (TPSA) is 71.8 Å². The van der Waals surface area contributed by atoms with E-state index in [1.54, 1.807) is 13.2 Å². The van der Waals surface area contributed by atoms with Gasteiger partial charge < -0.3 is 19.4 Å². The Hall–Kier alpha value is -2.34. The number of piperidine rings is 1. The van der Waals surface area contributed by atoms with Crippen molar-refractivity contribution in [2.75, 3.05) is 33.3 Å². The zero-order valence-corrected chi connectivity index (χ0v) is 16.7. The van der Waals surface area contributed by atoms with Crippen molar-refractivity contribution < 1.29 is 13.9 Å². The molecule has 0 atom stereocenters. The lowest BCUT2D eigenvalue weighted by Crippen LogP contribution is -2.44. The number of hydrogen-bond donors (Lipinski definition) is 1. The molecule has 0 saturated carbocycles. The van der Waals surface area contributed by atoms with Crippen LogP contribution in [0.2, 0.25) is 0 Å². The summed E-state index contributed by atoms with van der Waals surface area (Å²) in [4.78, 5) is 27.1. The van der Waals surface area contributed by atoms with E-state index < -0.39 is 0 Å². The van der Waals surface area contributed by atoms with Gasteiger partial charge in [0.1, 0.15) is 11.3 Å². The van der Waals surface area contributed by atoms with E-state index in [1.165, 1.54) is 6.42 Å². The van der Waals surface area contributed by atoms with Gasteiger partial charge in [-0.2, -0.15) is 0 Å². The average molecular weight is 384 g/mol. The van der Waals surface area contributed by atoms with Gasteiger partial charge in [0, 0.05) is 43.1 Å². The molecule has 0 aliphatic carbocycles. The molecule has 6 heteroatoms. The van der Waals surface area contributed by atoms with Gasteiger partial charge in [0.25, 0.3) is 0 Å². The lowest BCUT2D eigenvalue weighted by Gasteiger charge is -2.39. The van der Waals surface area contributed by atoms with Crippen molar-refractivity contribution >= 4 is 16.9 Å². The summed E-state index contributed by atoms with van der Waals surface area (Å²) in [5, 5.41) is 4.34. The number of fused-ring (bicyclic) bond motifs is 1. The second-order valence-electron chi connectivity index (χ2n) is 8.16. The van der Waals surface area contributed by atoms with E-state index >= 15 is 0 Å². The van der Waals surface area contributed by atoms with Gasteiger partial charge in [0.05, 0.1) is 7.11 Å². The molecule has 1 spiro atoms. The molecule has 1 aromatic carbocycles. The zero-order valence-electron chi connectivity index (χ0n) is 16.7. The van der Waals surface area contributed by atoms with Crippen LogP contribution in [0.15, 0.2) is 27.4 Å². The van der Waals surface area contributed by atoms with Gasteiger partial charge in [0.2, 0.25) is 5.91 Å². The van der Waals surface area contributed by atoms with Gasteiger partial charge >= 0.3 is 5.63 Å². The zero-order chi connectivity index (χ0) is 19.7. The number of amides is 1. The van der Waals surface area contributed by atoms with Crippen LogP contribution in [0.25, 0.3) is 11.0 Å². The first-order valence-corrected chi connectivity index (χ1v) is 10.1. The van der Waals surface area contributed by atoms with E-state index in [-0.39, 0.29) is 11.5 Å². The monoisotopic (exact) mass is 384 g/mol. The lowest BCUT2D eigenvalue weighted by atomic mass is 9.78. The molecule has 2 aromatic rings. The highest BCUT2D eigenvalue weighted by atomic mass is 16.5. The normalized spacial score (nSPS) is 18.7. The van der Waals surface area contributed by atoms with Crippen LogP contribution in [0, 0.1) is 12.3 Å². The van der Waals surface area contributed by atoms with Crippen LogP contribution in [0.5, 0.6) is 5.75 Å². The van der Waals surface area contributed by atoms with Gasteiger partial charge in [-0.25, -0.2) is 4.79 Å². The number of aryl methyl sites for hydroxylation is 1. The third kappa shape index (κ3) is 3.53. The van der Waals surface area contributed by atoms with Crippen molar-refractivity contribution in [2.45, 2.75) is 39.0 Å². The Balaban J connectivity index is 1.44. The highest BCUT2D eigenvalue weighted by Crippen LogP contribution is 2.37. The molecule has 1 amide bonds. The molecule has 6 nitrogen and oxygen atoms in total. The third-order valence-electron chi connectivity index (χ3n) is 6.59. The summed E-state index contributed by atoms with van der Waals surface area (Å²) in [5.41, 5.74) is 2.04. The molecule has 2 aliphatic heterocycles. The number of carbonyl (C=O) groups excluding carboxylic acids is 1. The van der Waals surface area contributed by atoms with Gasteiger partial charge in [-0.1, -0.05) is 0 Å². The molecule has 28 heavy (non-hydrogen) atoms. The summed E-state index contributed by atoms with van der Waals surface area (Å²) in [6.07, 6.45) is 4.13. The first-order chi connectivity index (χ1) is 13.5. The van der Waals surface area contributed by atoms with Gasteiger partial charge in [-0.15, -0.1) is 0 Å². The minimum Gasteiger partial charge on any atom is -0.497 e. The van der Waals surface area contributed by atoms with Crippen molar-refractivity contribution in [1.82, 2.24) is 10.2 Å². The fraction of sp³-hybridized carbons (Fsp3) is 0.545. The van der Waals surface area contributed by atoms with Gasteiger partial charge in [-0.3, -0.25) is 4.79 Å². The number of ether oxygens (including phenoxy) is 1. The molecule has 1 N–H and O–H groups in total. The van der Waals surface area contributed by atoms with E-state index in [0.29, 0.717) is 35.2 Å². The molecule has 3 heterocycles. The standard InChI is InChI=1S/C22H28N2O4/c1-15-17-4-3-16(27-2)13-19(17)28-21(26)18(15)5-6-20(25)24-11-8-22(9-12-24)7-10-23-14-22/h3-4,13,23H,5-12,14H2,1-2H3. The second kappa shape index (κ2) is 7.59. The van der Waals surface area contributed by atoms with Crippen molar-refractivity contribution in [2.24, 2.45) is 5.41 Å². The van der Waals surface area contributed by atoms with Crippen LogP contribution in [-0.4, -0.2) is 44.1 Å². The van der Waals surface area contributed by atoms with E-state index in [4.69, 9.17) is 9.15 Å². The average Bonchev–Trinajstić information content (AvgIpc) is 3.15. The first-order valence-electron chi connectivity index (χ1n) is 10.1. The summed E-state index contributed by atoms with van der Waals surface area (Å²) in [7, 11) is 1.58. The van der Waals surface area contributed by atoms with Crippen molar-refractivity contribution in [3.8, 4) is 5.75 Å². The van der Waals surface area contributed by atoms with Crippen LogP contribution in [0.1, 0.15) is 36.8 Å². The van der Waals surface area contributed by atoms with Crippen molar-refractivity contribution in [3.05, 3.63) is 39.7 Å². The predicted octanol–water partition coefficient (Wildman–Crippen LogP) is 2.64. The Labute approximate surface area is 164 Å². The number of likely N-dealkylation sites (tertiary alicyclic amines) is 1. The second-order valence-corrected chi connectivity index (χ2v) is 8.16. The first kappa shape index (κ1) is 19.0. The summed E-state index contributed by atoms with van der Waals surface area (Å²) >= 11 is 0. The number of hydrogen-bond acceptors (Lipinski definition) is 5. The number of nitrogens with zero attached hydrogens (tertiary/aromatic N) is 1. The summed E-state index contributed by atoms with van der Waals surface area (Å²) in [6, 6.07) is 5.48. The van der Waals surface area contributed by atoms with Crippen molar-refractivity contribution in [3.63, 3.8) is 0 Å². The SMILES string of the molecule is COc1ccc2c(C)c(CCC(=O)N3CCC4(CCNC4)CC3)c(=O)oc2c1. The Bertz CT molecular complexity index is 933. The molecule has 150 valence electrons. The Morgan fingerprint density at radius 2 is 2.07 bits per heavy atom. The number of carbonyl (C=O) groups is 1. The number of benzene rings is 1. The van der Waals surface area contributed by atoms with E-state index in [1.807, 2.05) is 24.0 Å². The third-order valence-corrected chi connectivity index (χ3v) is 6.59. The fourth-order valence-electron chi connectivity index (χ4n) is 4.63. The molecule has 0 bridgehead atoms. The number of nitrogens with one attached hydrogen (secondary N) is 1. The molecular weight excluding hydrogens is 356 g/mol. The predicted molar refractivity (Wildman–Crippen MR) is 108 cm³/mol. The molecule has 2 fully saturated rings. The molecule has 0 radical (unpaired) electrons.